The van der Waals surface area contributed by atoms with Gasteiger partial charge in [-0.25, -0.2) is 18.1 Å². The minimum absolute atomic E-state index is 0.0160. The highest BCUT2D eigenvalue weighted by Crippen LogP contribution is 2.21. The summed E-state index contributed by atoms with van der Waals surface area (Å²) in [6, 6.07) is 1.44. The van der Waals surface area contributed by atoms with Gasteiger partial charge >= 0.3 is 0 Å². The van der Waals surface area contributed by atoms with Crippen molar-refractivity contribution >= 4 is 43.1 Å². The maximum absolute atomic E-state index is 12.2. The lowest BCUT2D eigenvalue weighted by Gasteiger charge is -2.08. The van der Waals surface area contributed by atoms with Gasteiger partial charge < -0.3 is 5.73 Å². The molecule has 5 nitrogen and oxygen atoms in total. The van der Waals surface area contributed by atoms with Crippen LogP contribution >= 0.6 is 27.3 Å². The first-order valence-corrected chi connectivity index (χ1v) is 8.54. The van der Waals surface area contributed by atoms with Gasteiger partial charge in [0, 0.05) is 17.2 Å². The number of aromatic nitrogens is 1. The van der Waals surface area contributed by atoms with E-state index in [0.29, 0.717) is 4.47 Å². The SMILES string of the molecule is Cc1cscc1CNS(=O)(=O)c1cc(Br)cnc1N. The number of nitrogen functional groups attached to an aromatic ring is 1. The Morgan fingerprint density at radius 3 is 2.84 bits per heavy atom. The first kappa shape index (κ1) is 14.4. The standard InChI is InChI=1S/C11H12BrN3O2S2/c1-7-5-18-6-8(7)3-15-19(16,17)10-2-9(12)4-14-11(10)13/h2,4-6,15H,3H2,1H3,(H2,13,14). The Kier molecular flexibility index (Phi) is 4.24. The lowest BCUT2D eigenvalue weighted by Crippen LogP contribution is -2.24. The highest BCUT2D eigenvalue weighted by molar-refractivity contribution is 9.10. The largest absolute Gasteiger partial charge is 0.383 e. The number of pyridine rings is 1. The first-order chi connectivity index (χ1) is 8.90. The van der Waals surface area contributed by atoms with E-state index in [1.807, 2.05) is 17.7 Å². The summed E-state index contributed by atoms with van der Waals surface area (Å²) in [5.74, 6) is -0.0160. The van der Waals surface area contributed by atoms with Gasteiger partial charge in [0.05, 0.1) is 0 Å². The molecule has 8 heteroatoms. The van der Waals surface area contributed by atoms with E-state index in [1.54, 1.807) is 0 Å². The van der Waals surface area contributed by atoms with Crippen LogP contribution in [0, 0.1) is 6.92 Å². The Morgan fingerprint density at radius 1 is 1.47 bits per heavy atom. The summed E-state index contributed by atoms with van der Waals surface area (Å²) in [6.45, 7) is 2.18. The molecule has 0 saturated carbocycles. The smallest absolute Gasteiger partial charge is 0.244 e. The van der Waals surface area contributed by atoms with Crippen LogP contribution in [0.3, 0.4) is 0 Å². The number of rotatable bonds is 4. The van der Waals surface area contributed by atoms with Crippen LogP contribution in [0.15, 0.2) is 32.4 Å². The molecule has 0 spiro atoms. The van der Waals surface area contributed by atoms with Crippen LogP contribution in [0.25, 0.3) is 0 Å². The fourth-order valence-corrected chi connectivity index (χ4v) is 3.92. The maximum atomic E-state index is 12.2. The zero-order chi connectivity index (χ0) is 14.0. The number of sulfonamides is 1. The number of nitrogens with one attached hydrogen (secondary N) is 1. The van der Waals surface area contributed by atoms with E-state index in [1.165, 1.54) is 23.6 Å². The van der Waals surface area contributed by atoms with Crippen LogP contribution in [0.5, 0.6) is 0 Å². The van der Waals surface area contributed by atoms with Crippen LogP contribution in [-0.2, 0) is 16.6 Å². The molecule has 0 amide bonds. The van der Waals surface area contributed by atoms with Crippen molar-refractivity contribution in [3.63, 3.8) is 0 Å². The van der Waals surface area contributed by atoms with Crippen molar-refractivity contribution in [1.82, 2.24) is 9.71 Å². The average Bonchev–Trinajstić information content (AvgIpc) is 2.75. The van der Waals surface area contributed by atoms with Gasteiger partial charge in [0.25, 0.3) is 0 Å². The van der Waals surface area contributed by atoms with Crippen LogP contribution in [0.4, 0.5) is 5.82 Å². The molecule has 0 atom stereocenters. The van der Waals surface area contributed by atoms with Gasteiger partial charge in [-0.15, -0.1) is 0 Å². The highest BCUT2D eigenvalue weighted by Gasteiger charge is 2.19. The summed E-state index contributed by atoms with van der Waals surface area (Å²) >= 11 is 4.72. The molecule has 0 saturated heterocycles. The van der Waals surface area contributed by atoms with Crippen molar-refractivity contribution in [1.29, 1.82) is 0 Å². The van der Waals surface area contributed by atoms with Crippen molar-refractivity contribution < 1.29 is 8.42 Å². The molecule has 0 aliphatic rings. The van der Waals surface area contributed by atoms with Crippen LogP contribution in [-0.4, -0.2) is 13.4 Å². The molecular weight excluding hydrogens is 350 g/mol. The summed E-state index contributed by atoms with van der Waals surface area (Å²) < 4.78 is 27.4. The molecule has 2 heterocycles. The Labute approximate surface area is 124 Å². The third-order valence-corrected chi connectivity index (χ3v) is 5.33. The van der Waals surface area contributed by atoms with Crippen molar-refractivity contribution in [2.75, 3.05) is 5.73 Å². The second-order valence-electron chi connectivity index (χ2n) is 3.94. The van der Waals surface area contributed by atoms with Crippen LogP contribution in [0.2, 0.25) is 0 Å². The van der Waals surface area contributed by atoms with Crippen LogP contribution in [0.1, 0.15) is 11.1 Å². The predicted octanol–water partition coefficient (Wildman–Crippen LogP) is 2.27. The number of aryl methyl sites for hydroxylation is 1. The molecular formula is C11H12BrN3O2S2. The van der Waals surface area contributed by atoms with Crippen LogP contribution < -0.4 is 10.5 Å². The fourth-order valence-electron chi connectivity index (χ4n) is 1.46. The number of nitrogens with two attached hydrogens (primary N) is 1. The van der Waals surface area contributed by atoms with Crippen molar-refractivity contribution in [3.8, 4) is 0 Å². The fraction of sp³-hybridized carbons (Fsp3) is 0.182. The monoisotopic (exact) mass is 361 g/mol. The molecule has 0 fully saturated rings. The summed E-state index contributed by atoms with van der Waals surface area (Å²) in [7, 11) is -3.67. The van der Waals surface area contributed by atoms with E-state index in [2.05, 4.69) is 25.6 Å². The van der Waals surface area contributed by atoms with Crippen molar-refractivity contribution in [3.05, 3.63) is 38.6 Å². The first-order valence-electron chi connectivity index (χ1n) is 5.32. The molecule has 0 aliphatic heterocycles. The number of hydrogen-bond acceptors (Lipinski definition) is 5. The van der Waals surface area contributed by atoms with Gasteiger partial charge in [-0.05, 0) is 50.8 Å². The molecule has 19 heavy (non-hydrogen) atoms. The van der Waals surface area contributed by atoms with Gasteiger partial charge in [-0.2, -0.15) is 11.3 Å². The van der Waals surface area contributed by atoms with E-state index in [-0.39, 0.29) is 17.3 Å². The van der Waals surface area contributed by atoms with Gasteiger partial charge in [0.15, 0.2) is 0 Å². The summed E-state index contributed by atoms with van der Waals surface area (Å²) in [5.41, 5.74) is 7.62. The number of nitrogens with zero attached hydrogens (tertiary/aromatic N) is 1. The molecule has 0 unspecified atom stereocenters. The minimum atomic E-state index is -3.67. The average molecular weight is 362 g/mol. The summed E-state index contributed by atoms with van der Waals surface area (Å²) in [6.07, 6.45) is 1.46. The molecule has 2 rings (SSSR count). The maximum Gasteiger partial charge on any atom is 0.244 e. The second kappa shape index (κ2) is 5.58. The molecule has 102 valence electrons. The molecule has 2 aromatic heterocycles. The normalized spacial score (nSPS) is 11.7. The number of anilines is 1. The van der Waals surface area contributed by atoms with E-state index >= 15 is 0 Å². The van der Waals surface area contributed by atoms with Gasteiger partial charge in [-0.1, -0.05) is 0 Å². The van der Waals surface area contributed by atoms with Gasteiger partial charge in [0.2, 0.25) is 10.0 Å². The number of thiophene rings is 1. The lowest BCUT2D eigenvalue weighted by molar-refractivity contribution is 0.581. The van der Waals surface area contributed by atoms with Gasteiger partial charge in [-0.3, -0.25) is 0 Å². The predicted molar refractivity (Wildman–Crippen MR) is 79.4 cm³/mol. The Balaban J connectivity index is 2.23. The third kappa shape index (κ3) is 3.33. The lowest BCUT2D eigenvalue weighted by atomic mass is 10.2. The molecule has 0 aliphatic carbocycles. The van der Waals surface area contributed by atoms with Gasteiger partial charge in [0.1, 0.15) is 10.7 Å². The van der Waals surface area contributed by atoms with E-state index in [9.17, 15) is 8.42 Å². The Bertz CT molecular complexity index is 698. The highest BCUT2D eigenvalue weighted by atomic mass is 79.9. The Hall–Kier alpha value is -0.960. The van der Waals surface area contributed by atoms with E-state index < -0.39 is 10.0 Å². The molecule has 0 radical (unpaired) electrons. The second-order valence-corrected chi connectivity index (χ2v) is 7.34. The third-order valence-electron chi connectivity index (χ3n) is 2.55. The van der Waals surface area contributed by atoms with Crippen molar-refractivity contribution in [2.45, 2.75) is 18.4 Å². The molecule has 0 aromatic carbocycles. The zero-order valence-corrected chi connectivity index (χ0v) is 13.3. The molecule has 3 N–H and O–H groups in total. The number of halogens is 1. The van der Waals surface area contributed by atoms with E-state index in [4.69, 9.17) is 5.73 Å². The quantitative estimate of drug-likeness (QED) is 0.874. The number of hydrogen-bond donors (Lipinski definition) is 2. The summed E-state index contributed by atoms with van der Waals surface area (Å²) in [5, 5.41) is 3.89. The topological polar surface area (TPSA) is 85.1 Å². The molecule has 2 aromatic rings. The van der Waals surface area contributed by atoms with Crippen molar-refractivity contribution in [2.24, 2.45) is 0 Å². The minimum Gasteiger partial charge on any atom is -0.383 e. The molecule has 0 bridgehead atoms. The zero-order valence-electron chi connectivity index (χ0n) is 10.1. The van der Waals surface area contributed by atoms with E-state index in [0.717, 1.165) is 11.1 Å². The Morgan fingerprint density at radius 2 is 2.21 bits per heavy atom. The summed E-state index contributed by atoms with van der Waals surface area (Å²) in [4.78, 5) is 3.80.